The molecule has 1 N–H and O–H groups in total. The summed E-state index contributed by atoms with van der Waals surface area (Å²) >= 11 is 0. The standard InChI is InChI=1S/C14H17N3O2/c1-18-9-11-7-8-19-12(11)14-15-13(16-17-14)10-5-3-2-4-6-10/h2-6,11-12H,7-9H2,1H3,(H,15,16,17)/t11-,12-/m0/s1. The Morgan fingerprint density at radius 1 is 1.37 bits per heavy atom. The minimum absolute atomic E-state index is 0.0371. The van der Waals surface area contributed by atoms with E-state index in [-0.39, 0.29) is 6.10 Å². The molecule has 5 nitrogen and oxygen atoms in total. The van der Waals surface area contributed by atoms with E-state index in [4.69, 9.17) is 9.47 Å². The molecule has 0 unspecified atom stereocenters. The third kappa shape index (κ3) is 2.52. The highest BCUT2D eigenvalue weighted by atomic mass is 16.5. The summed E-state index contributed by atoms with van der Waals surface area (Å²) in [6, 6.07) is 9.92. The minimum atomic E-state index is -0.0371. The second-order valence-electron chi connectivity index (χ2n) is 4.71. The van der Waals surface area contributed by atoms with E-state index in [1.165, 1.54) is 0 Å². The Labute approximate surface area is 112 Å². The lowest BCUT2D eigenvalue weighted by molar-refractivity contribution is 0.0539. The van der Waals surface area contributed by atoms with Crippen molar-refractivity contribution < 1.29 is 9.47 Å². The number of methoxy groups -OCH3 is 1. The summed E-state index contributed by atoms with van der Waals surface area (Å²) in [4.78, 5) is 4.55. The zero-order valence-corrected chi connectivity index (χ0v) is 10.9. The molecule has 3 rings (SSSR count). The van der Waals surface area contributed by atoms with E-state index < -0.39 is 0 Å². The molecular formula is C14H17N3O2. The van der Waals surface area contributed by atoms with Gasteiger partial charge in [-0.2, -0.15) is 5.10 Å². The summed E-state index contributed by atoms with van der Waals surface area (Å²) in [5.74, 6) is 1.85. The molecule has 2 atom stereocenters. The molecule has 1 aliphatic heterocycles. The summed E-state index contributed by atoms with van der Waals surface area (Å²) < 4.78 is 11.0. The molecule has 0 radical (unpaired) electrons. The Hall–Kier alpha value is -1.72. The molecule has 1 saturated heterocycles. The molecule has 2 heterocycles. The monoisotopic (exact) mass is 259 g/mol. The van der Waals surface area contributed by atoms with Crippen LogP contribution in [0.3, 0.4) is 0 Å². The fourth-order valence-electron chi connectivity index (χ4n) is 2.44. The Balaban J connectivity index is 1.81. The van der Waals surface area contributed by atoms with Gasteiger partial charge in [0.2, 0.25) is 0 Å². The largest absolute Gasteiger partial charge is 0.384 e. The molecule has 1 fully saturated rings. The quantitative estimate of drug-likeness (QED) is 0.914. The molecule has 2 aromatic rings. The highest BCUT2D eigenvalue weighted by Crippen LogP contribution is 2.33. The minimum Gasteiger partial charge on any atom is -0.384 e. The molecular weight excluding hydrogens is 242 g/mol. The van der Waals surface area contributed by atoms with Gasteiger partial charge in [0, 0.05) is 25.2 Å². The first kappa shape index (κ1) is 12.3. The topological polar surface area (TPSA) is 60.0 Å². The van der Waals surface area contributed by atoms with Gasteiger partial charge in [0.1, 0.15) is 6.10 Å². The molecule has 0 bridgehead atoms. The first-order valence-electron chi connectivity index (χ1n) is 6.46. The van der Waals surface area contributed by atoms with Crippen LogP contribution in [-0.2, 0) is 9.47 Å². The maximum Gasteiger partial charge on any atom is 0.181 e. The zero-order chi connectivity index (χ0) is 13.1. The van der Waals surface area contributed by atoms with Crippen molar-refractivity contribution in [2.45, 2.75) is 12.5 Å². The lowest BCUT2D eigenvalue weighted by atomic mass is 10.0. The number of nitrogens with one attached hydrogen (secondary N) is 1. The molecule has 5 heteroatoms. The van der Waals surface area contributed by atoms with Gasteiger partial charge in [0.05, 0.1) is 6.61 Å². The number of benzene rings is 1. The van der Waals surface area contributed by atoms with Crippen LogP contribution in [0.25, 0.3) is 11.4 Å². The summed E-state index contributed by atoms with van der Waals surface area (Å²) in [6.45, 7) is 1.44. The average Bonchev–Trinajstić information content (AvgIpc) is 3.08. The van der Waals surface area contributed by atoms with Crippen LogP contribution in [0.5, 0.6) is 0 Å². The number of ether oxygens (including phenoxy) is 2. The normalized spacial score (nSPS) is 22.8. The van der Waals surface area contributed by atoms with Gasteiger partial charge in [-0.1, -0.05) is 30.3 Å². The Morgan fingerprint density at radius 3 is 3.00 bits per heavy atom. The summed E-state index contributed by atoms with van der Waals surface area (Å²) in [7, 11) is 1.71. The number of rotatable bonds is 4. The van der Waals surface area contributed by atoms with Gasteiger partial charge in [0.25, 0.3) is 0 Å². The molecule has 100 valence electrons. The van der Waals surface area contributed by atoms with Crippen molar-refractivity contribution in [1.29, 1.82) is 0 Å². The van der Waals surface area contributed by atoms with Gasteiger partial charge in [-0.25, -0.2) is 4.98 Å². The Kier molecular flexibility index (Phi) is 3.57. The zero-order valence-electron chi connectivity index (χ0n) is 10.9. The van der Waals surface area contributed by atoms with E-state index >= 15 is 0 Å². The van der Waals surface area contributed by atoms with Gasteiger partial charge in [-0.3, -0.25) is 5.10 Å². The van der Waals surface area contributed by atoms with Crippen LogP contribution in [-0.4, -0.2) is 35.5 Å². The van der Waals surface area contributed by atoms with Crippen LogP contribution in [0.2, 0.25) is 0 Å². The van der Waals surface area contributed by atoms with Crippen molar-refractivity contribution in [1.82, 2.24) is 15.2 Å². The number of aromatic amines is 1. The predicted molar refractivity (Wildman–Crippen MR) is 70.5 cm³/mol. The first-order valence-corrected chi connectivity index (χ1v) is 6.46. The van der Waals surface area contributed by atoms with Crippen LogP contribution in [0.1, 0.15) is 18.3 Å². The van der Waals surface area contributed by atoms with E-state index in [2.05, 4.69) is 15.2 Å². The third-order valence-electron chi connectivity index (χ3n) is 3.40. The van der Waals surface area contributed by atoms with E-state index in [0.717, 1.165) is 24.4 Å². The van der Waals surface area contributed by atoms with Crippen LogP contribution >= 0.6 is 0 Å². The number of hydrogen-bond acceptors (Lipinski definition) is 4. The molecule has 1 aromatic heterocycles. The average molecular weight is 259 g/mol. The molecule has 19 heavy (non-hydrogen) atoms. The van der Waals surface area contributed by atoms with Crippen molar-refractivity contribution in [2.75, 3.05) is 20.3 Å². The fraction of sp³-hybridized carbons (Fsp3) is 0.429. The fourth-order valence-corrected chi connectivity index (χ4v) is 2.44. The van der Waals surface area contributed by atoms with Gasteiger partial charge in [-0.05, 0) is 6.42 Å². The van der Waals surface area contributed by atoms with Crippen molar-refractivity contribution >= 4 is 0 Å². The van der Waals surface area contributed by atoms with Crippen molar-refractivity contribution in [3.63, 3.8) is 0 Å². The highest BCUT2D eigenvalue weighted by Gasteiger charge is 2.32. The second kappa shape index (κ2) is 5.50. The van der Waals surface area contributed by atoms with E-state index in [1.54, 1.807) is 7.11 Å². The summed E-state index contributed by atoms with van der Waals surface area (Å²) in [5, 5.41) is 7.26. The van der Waals surface area contributed by atoms with Gasteiger partial charge in [0.15, 0.2) is 11.6 Å². The van der Waals surface area contributed by atoms with Gasteiger partial charge < -0.3 is 9.47 Å². The summed E-state index contributed by atoms with van der Waals surface area (Å²) in [6.07, 6.45) is 0.963. The van der Waals surface area contributed by atoms with Crippen LogP contribution in [0.15, 0.2) is 30.3 Å². The number of hydrogen-bond donors (Lipinski definition) is 1. The van der Waals surface area contributed by atoms with E-state index in [0.29, 0.717) is 18.3 Å². The predicted octanol–water partition coefficient (Wildman–Crippen LogP) is 2.20. The Morgan fingerprint density at radius 2 is 2.21 bits per heavy atom. The molecule has 0 aliphatic carbocycles. The second-order valence-corrected chi connectivity index (χ2v) is 4.71. The van der Waals surface area contributed by atoms with Crippen molar-refractivity contribution in [3.05, 3.63) is 36.2 Å². The third-order valence-corrected chi connectivity index (χ3v) is 3.40. The number of H-pyrrole nitrogens is 1. The SMILES string of the molecule is COC[C@@H]1CCO[C@@H]1c1nc(-c2ccccc2)n[nH]1. The number of aromatic nitrogens is 3. The maximum absolute atomic E-state index is 5.74. The Bertz CT molecular complexity index is 526. The smallest absolute Gasteiger partial charge is 0.181 e. The lowest BCUT2D eigenvalue weighted by Crippen LogP contribution is -2.14. The first-order chi connectivity index (χ1) is 9.38. The van der Waals surface area contributed by atoms with Crippen molar-refractivity contribution in [2.24, 2.45) is 5.92 Å². The highest BCUT2D eigenvalue weighted by molar-refractivity contribution is 5.53. The lowest BCUT2D eigenvalue weighted by Gasteiger charge is -2.14. The van der Waals surface area contributed by atoms with Crippen LogP contribution in [0, 0.1) is 5.92 Å². The van der Waals surface area contributed by atoms with Gasteiger partial charge in [-0.15, -0.1) is 0 Å². The van der Waals surface area contributed by atoms with Gasteiger partial charge >= 0.3 is 0 Å². The maximum atomic E-state index is 5.74. The van der Waals surface area contributed by atoms with Crippen LogP contribution < -0.4 is 0 Å². The molecule has 0 saturated carbocycles. The van der Waals surface area contributed by atoms with E-state index in [1.807, 2.05) is 30.3 Å². The molecule has 0 spiro atoms. The van der Waals surface area contributed by atoms with Crippen molar-refractivity contribution in [3.8, 4) is 11.4 Å². The molecule has 0 amide bonds. The van der Waals surface area contributed by atoms with Crippen LogP contribution in [0.4, 0.5) is 0 Å². The summed E-state index contributed by atoms with van der Waals surface area (Å²) in [5.41, 5.74) is 1.01. The number of nitrogens with zero attached hydrogens (tertiary/aromatic N) is 2. The molecule has 1 aliphatic rings. The molecule has 1 aromatic carbocycles. The van der Waals surface area contributed by atoms with E-state index in [9.17, 15) is 0 Å².